The number of hydrogen-bond acceptors (Lipinski definition) is 5. The molecule has 0 bridgehead atoms. The summed E-state index contributed by atoms with van der Waals surface area (Å²) in [7, 11) is -3.60. The van der Waals surface area contributed by atoms with Crippen molar-refractivity contribution in [3.63, 3.8) is 0 Å². The van der Waals surface area contributed by atoms with Crippen molar-refractivity contribution in [1.82, 2.24) is 4.72 Å². The molecular formula is C10H15N3O3S. The van der Waals surface area contributed by atoms with E-state index >= 15 is 0 Å². The Kier molecular flexibility index (Phi) is 4.33. The summed E-state index contributed by atoms with van der Waals surface area (Å²) in [5, 5.41) is 2.70. The predicted molar refractivity (Wildman–Crippen MR) is 65.3 cm³/mol. The third-order valence-electron chi connectivity index (χ3n) is 2.38. The van der Waals surface area contributed by atoms with Gasteiger partial charge in [-0.2, -0.15) is 0 Å². The fraction of sp³-hybridized carbons (Fsp3) is 0.400. The van der Waals surface area contributed by atoms with Crippen LogP contribution in [0, 0.1) is 4.91 Å². The third-order valence-corrected chi connectivity index (χ3v) is 3.96. The van der Waals surface area contributed by atoms with E-state index in [4.69, 9.17) is 5.73 Å². The molecule has 0 amide bonds. The van der Waals surface area contributed by atoms with Crippen LogP contribution in [0.5, 0.6) is 0 Å². The summed E-state index contributed by atoms with van der Waals surface area (Å²) in [5.41, 5.74) is 5.77. The monoisotopic (exact) mass is 257 g/mol. The summed E-state index contributed by atoms with van der Waals surface area (Å²) in [6, 6.07) is 4.68. The summed E-state index contributed by atoms with van der Waals surface area (Å²) in [6.07, 6.45) is 0. The zero-order valence-electron chi connectivity index (χ0n) is 9.62. The Morgan fingerprint density at radius 3 is 2.18 bits per heavy atom. The first kappa shape index (κ1) is 13.8. The molecule has 0 aromatic heterocycles. The molecule has 0 saturated carbocycles. The van der Waals surface area contributed by atoms with E-state index in [2.05, 4.69) is 9.90 Å². The zero-order chi connectivity index (χ0) is 13.1. The number of nitrogens with one attached hydrogen (secondary N) is 1. The SMILES string of the molecule is CC(N)C(C)NS(=O)(=O)c1ccc(N=O)cc1. The number of nitroso groups, excluding NO2 is 1. The van der Waals surface area contributed by atoms with Crippen LogP contribution in [0.25, 0.3) is 0 Å². The molecule has 2 atom stereocenters. The van der Waals surface area contributed by atoms with Gasteiger partial charge in [-0.15, -0.1) is 4.91 Å². The molecule has 3 N–H and O–H groups in total. The topological polar surface area (TPSA) is 102 Å². The van der Waals surface area contributed by atoms with Crippen molar-refractivity contribution in [2.75, 3.05) is 0 Å². The molecule has 0 spiro atoms. The molecule has 7 heteroatoms. The van der Waals surface area contributed by atoms with E-state index in [9.17, 15) is 13.3 Å². The van der Waals surface area contributed by atoms with Crippen molar-refractivity contribution < 1.29 is 8.42 Å². The summed E-state index contributed by atoms with van der Waals surface area (Å²) >= 11 is 0. The first-order valence-electron chi connectivity index (χ1n) is 5.08. The normalized spacial score (nSPS) is 15.2. The minimum absolute atomic E-state index is 0.0809. The van der Waals surface area contributed by atoms with Crippen molar-refractivity contribution in [3.8, 4) is 0 Å². The van der Waals surface area contributed by atoms with E-state index in [0.29, 0.717) is 0 Å². The van der Waals surface area contributed by atoms with Gasteiger partial charge in [0.25, 0.3) is 0 Å². The molecule has 0 fully saturated rings. The number of nitrogens with zero attached hydrogens (tertiary/aromatic N) is 1. The highest BCUT2D eigenvalue weighted by atomic mass is 32.2. The summed E-state index contributed by atoms with van der Waals surface area (Å²) in [4.78, 5) is 10.3. The molecule has 2 unspecified atom stereocenters. The van der Waals surface area contributed by atoms with Crippen molar-refractivity contribution in [2.45, 2.75) is 30.8 Å². The molecule has 1 aromatic rings. The lowest BCUT2D eigenvalue weighted by atomic mass is 10.2. The van der Waals surface area contributed by atoms with Gasteiger partial charge in [0.05, 0.1) is 4.90 Å². The highest BCUT2D eigenvalue weighted by Gasteiger charge is 2.19. The second kappa shape index (κ2) is 5.35. The van der Waals surface area contributed by atoms with E-state index in [0.717, 1.165) is 0 Å². The molecule has 94 valence electrons. The minimum atomic E-state index is -3.60. The van der Waals surface area contributed by atoms with E-state index in [1.807, 2.05) is 0 Å². The van der Waals surface area contributed by atoms with E-state index < -0.39 is 10.0 Å². The molecule has 1 aromatic carbocycles. The molecule has 0 aliphatic rings. The quantitative estimate of drug-likeness (QED) is 0.771. The van der Waals surface area contributed by atoms with Gasteiger partial charge in [0.2, 0.25) is 10.0 Å². The standard InChI is InChI=1S/C10H15N3O3S/c1-7(11)8(2)13-17(15,16)10-5-3-9(12-14)4-6-10/h3-8,13H,11H2,1-2H3. The van der Waals surface area contributed by atoms with Crippen LogP contribution in [0.2, 0.25) is 0 Å². The molecule has 17 heavy (non-hydrogen) atoms. The first-order chi connectivity index (χ1) is 7.86. The van der Waals surface area contributed by atoms with Gasteiger partial charge in [-0.05, 0) is 43.3 Å². The maximum Gasteiger partial charge on any atom is 0.240 e. The van der Waals surface area contributed by atoms with Crippen LogP contribution < -0.4 is 10.5 Å². The number of benzene rings is 1. The third kappa shape index (κ3) is 3.58. The lowest BCUT2D eigenvalue weighted by Crippen LogP contribution is -2.43. The molecule has 0 aliphatic heterocycles. The minimum Gasteiger partial charge on any atom is -0.327 e. The Morgan fingerprint density at radius 1 is 1.24 bits per heavy atom. The maximum absolute atomic E-state index is 11.9. The highest BCUT2D eigenvalue weighted by Crippen LogP contribution is 2.16. The van der Waals surface area contributed by atoms with Gasteiger partial charge < -0.3 is 5.73 Å². The number of hydrogen-bond donors (Lipinski definition) is 2. The number of sulfonamides is 1. The summed E-state index contributed by atoms with van der Waals surface area (Å²) in [5.74, 6) is 0. The van der Waals surface area contributed by atoms with Crippen LogP contribution in [0.1, 0.15) is 13.8 Å². The Balaban J connectivity index is 2.93. The van der Waals surface area contributed by atoms with Crippen LogP contribution >= 0.6 is 0 Å². The van der Waals surface area contributed by atoms with Gasteiger partial charge in [0.15, 0.2) is 0 Å². The summed E-state index contributed by atoms with van der Waals surface area (Å²) in [6.45, 7) is 3.40. The Morgan fingerprint density at radius 2 is 1.76 bits per heavy atom. The summed E-state index contributed by atoms with van der Waals surface area (Å²) < 4.78 is 26.2. The van der Waals surface area contributed by atoms with E-state index in [1.54, 1.807) is 13.8 Å². The van der Waals surface area contributed by atoms with Gasteiger partial charge >= 0.3 is 0 Å². The molecule has 0 heterocycles. The Bertz CT molecular complexity index is 482. The van der Waals surface area contributed by atoms with E-state index in [1.165, 1.54) is 24.3 Å². The molecular weight excluding hydrogens is 242 g/mol. The van der Waals surface area contributed by atoms with Gasteiger partial charge in [-0.3, -0.25) is 0 Å². The Hall–Kier alpha value is -1.31. The number of rotatable bonds is 5. The smallest absolute Gasteiger partial charge is 0.240 e. The van der Waals surface area contributed by atoms with Crippen LogP contribution in [-0.4, -0.2) is 20.5 Å². The second-order valence-electron chi connectivity index (χ2n) is 3.85. The second-order valence-corrected chi connectivity index (χ2v) is 5.57. The van der Waals surface area contributed by atoms with Crippen molar-refractivity contribution >= 4 is 15.7 Å². The molecule has 1 rings (SSSR count). The molecule has 0 radical (unpaired) electrons. The Labute approximate surface area is 100 Å². The predicted octanol–water partition coefficient (Wildman–Crippen LogP) is 1.10. The molecule has 0 saturated heterocycles. The first-order valence-corrected chi connectivity index (χ1v) is 6.56. The fourth-order valence-corrected chi connectivity index (χ4v) is 2.44. The average molecular weight is 257 g/mol. The number of nitrogens with two attached hydrogens (primary N) is 1. The van der Waals surface area contributed by atoms with Gasteiger partial charge in [-0.1, -0.05) is 0 Å². The van der Waals surface area contributed by atoms with Crippen LogP contribution in [-0.2, 0) is 10.0 Å². The maximum atomic E-state index is 11.9. The lowest BCUT2D eigenvalue weighted by molar-refractivity contribution is 0.523. The van der Waals surface area contributed by atoms with Crippen molar-refractivity contribution in [1.29, 1.82) is 0 Å². The van der Waals surface area contributed by atoms with Gasteiger partial charge in [0, 0.05) is 12.1 Å². The fourth-order valence-electron chi connectivity index (χ4n) is 1.11. The average Bonchev–Trinajstić information content (AvgIpc) is 2.28. The highest BCUT2D eigenvalue weighted by molar-refractivity contribution is 7.89. The van der Waals surface area contributed by atoms with Gasteiger partial charge in [0.1, 0.15) is 5.69 Å². The van der Waals surface area contributed by atoms with Crippen LogP contribution in [0.4, 0.5) is 5.69 Å². The van der Waals surface area contributed by atoms with E-state index in [-0.39, 0.29) is 22.7 Å². The molecule has 6 nitrogen and oxygen atoms in total. The van der Waals surface area contributed by atoms with Gasteiger partial charge in [-0.25, -0.2) is 13.1 Å². The largest absolute Gasteiger partial charge is 0.327 e. The van der Waals surface area contributed by atoms with Crippen molar-refractivity contribution in [2.24, 2.45) is 10.9 Å². The van der Waals surface area contributed by atoms with Crippen LogP contribution in [0.3, 0.4) is 0 Å². The lowest BCUT2D eigenvalue weighted by Gasteiger charge is -2.17. The van der Waals surface area contributed by atoms with Crippen molar-refractivity contribution in [3.05, 3.63) is 29.2 Å². The molecule has 0 aliphatic carbocycles. The van der Waals surface area contributed by atoms with Crippen LogP contribution in [0.15, 0.2) is 34.3 Å². The zero-order valence-corrected chi connectivity index (χ0v) is 10.4.